The van der Waals surface area contributed by atoms with Crippen molar-refractivity contribution in [3.8, 4) is 11.1 Å². The van der Waals surface area contributed by atoms with Crippen LogP contribution in [0.4, 0.5) is 0 Å². The molecule has 0 radical (unpaired) electrons. The minimum Gasteiger partial charge on any atom is -0.326 e. The molecule has 0 unspecified atom stereocenters. The lowest BCUT2D eigenvalue weighted by Crippen LogP contribution is -2.02. The number of halogens is 1. The zero-order valence-electron chi connectivity index (χ0n) is 12.1. The highest BCUT2D eigenvalue weighted by Crippen LogP contribution is 2.26. The first-order valence-corrected chi connectivity index (χ1v) is 6.40. The lowest BCUT2D eigenvalue weighted by atomic mass is 9.94. The van der Waals surface area contributed by atoms with Gasteiger partial charge in [-0.25, -0.2) is 0 Å². The van der Waals surface area contributed by atoms with Crippen LogP contribution in [0.3, 0.4) is 0 Å². The zero-order valence-corrected chi connectivity index (χ0v) is 12.9. The molecule has 2 aromatic carbocycles. The fourth-order valence-electron chi connectivity index (χ4n) is 2.62. The van der Waals surface area contributed by atoms with Crippen molar-refractivity contribution in [3.63, 3.8) is 0 Å². The molecule has 1 nitrogen and oxygen atoms in total. The van der Waals surface area contributed by atoms with Crippen molar-refractivity contribution in [1.82, 2.24) is 0 Å². The van der Waals surface area contributed by atoms with E-state index >= 15 is 0 Å². The maximum absolute atomic E-state index is 5.79. The van der Waals surface area contributed by atoms with Gasteiger partial charge < -0.3 is 5.73 Å². The minimum absolute atomic E-state index is 0. The topological polar surface area (TPSA) is 26.0 Å². The number of nitrogens with two attached hydrogens (primary N) is 1. The molecule has 0 aliphatic carbocycles. The Morgan fingerprint density at radius 2 is 1.16 bits per heavy atom. The Hall–Kier alpha value is -1.31. The van der Waals surface area contributed by atoms with E-state index in [4.69, 9.17) is 5.73 Å². The quantitative estimate of drug-likeness (QED) is 0.860. The summed E-state index contributed by atoms with van der Waals surface area (Å²) in [6, 6.07) is 11.2. The first-order chi connectivity index (χ1) is 8.51. The SMILES string of the molecule is Cc1cc(C)cc(-c2cc(C)c(CN)c(C)c2)c1.Cl. The Labute approximate surface area is 122 Å². The fourth-order valence-corrected chi connectivity index (χ4v) is 2.62. The Balaban J connectivity index is 0.00000180. The van der Waals surface area contributed by atoms with Gasteiger partial charge in [-0.1, -0.05) is 41.5 Å². The molecule has 2 N–H and O–H groups in total. The molecule has 0 heterocycles. The number of aryl methyl sites for hydroxylation is 4. The normalized spacial score (nSPS) is 10.2. The van der Waals surface area contributed by atoms with Crippen LogP contribution in [0.2, 0.25) is 0 Å². The smallest absolute Gasteiger partial charge is 0.0183 e. The summed E-state index contributed by atoms with van der Waals surface area (Å²) >= 11 is 0. The molecule has 2 rings (SSSR count). The third kappa shape index (κ3) is 3.37. The van der Waals surface area contributed by atoms with Gasteiger partial charge in [-0.2, -0.15) is 0 Å². The summed E-state index contributed by atoms with van der Waals surface area (Å²) in [5.41, 5.74) is 14.8. The van der Waals surface area contributed by atoms with Gasteiger partial charge in [-0.3, -0.25) is 0 Å². The third-order valence-electron chi connectivity index (χ3n) is 3.46. The molecule has 0 saturated heterocycles. The maximum atomic E-state index is 5.79. The van der Waals surface area contributed by atoms with E-state index in [1.807, 2.05) is 0 Å². The molecule has 0 atom stereocenters. The molecular weight excluding hydrogens is 254 g/mol. The summed E-state index contributed by atoms with van der Waals surface area (Å²) in [4.78, 5) is 0. The second-order valence-corrected chi connectivity index (χ2v) is 5.17. The molecule has 0 saturated carbocycles. The van der Waals surface area contributed by atoms with E-state index in [1.54, 1.807) is 0 Å². The van der Waals surface area contributed by atoms with Gasteiger partial charge in [-0.05, 0) is 55.5 Å². The lowest BCUT2D eigenvalue weighted by molar-refractivity contribution is 1.03. The van der Waals surface area contributed by atoms with Gasteiger partial charge in [-0.15, -0.1) is 12.4 Å². The zero-order chi connectivity index (χ0) is 13.3. The molecule has 0 fully saturated rings. The second-order valence-electron chi connectivity index (χ2n) is 5.17. The molecule has 0 bridgehead atoms. The Kier molecular flexibility index (Phi) is 5.16. The molecule has 0 aliphatic heterocycles. The van der Waals surface area contributed by atoms with Gasteiger partial charge >= 0.3 is 0 Å². The molecular formula is C17H22ClN. The van der Waals surface area contributed by atoms with E-state index in [2.05, 4.69) is 58.0 Å². The highest BCUT2D eigenvalue weighted by Gasteiger charge is 2.06. The van der Waals surface area contributed by atoms with Gasteiger partial charge in [0.05, 0.1) is 0 Å². The second kappa shape index (κ2) is 6.23. The molecule has 2 aromatic rings. The number of rotatable bonds is 2. The van der Waals surface area contributed by atoms with Gasteiger partial charge in [0.15, 0.2) is 0 Å². The number of hydrogen-bond acceptors (Lipinski definition) is 1. The predicted molar refractivity (Wildman–Crippen MR) is 86.0 cm³/mol. The van der Waals surface area contributed by atoms with E-state index in [9.17, 15) is 0 Å². The minimum atomic E-state index is 0. The largest absolute Gasteiger partial charge is 0.326 e. The molecule has 102 valence electrons. The molecule has 0 aromatic heterocycles. The maximum Gasteiger partial charge on any atom is 0.0183 e. The van der Waals surface area contributed by atoms with Crippen LogP contribution < -0.4 is 5.73 Å². The first kappa shape index (κ1) is 15.7. The van der Waals surface area contributed by atoms with Gasteiger partial charge in [0.1, 0.15) is 0 Å². The van der Waals surface area contributed by atoms with Crippen LogP contribution in [0.1, 0.15) is 27.8 Å². The summed E-state index contributed by atoms with van der Waals surface area (Å²) in [7, 11) is 0. The van der Waals surface area contributed by atoms with Crippen molar-refractivity contribution >= 4 is 12.4 Å². The van der Waals surface area contributed by atoms with Gasteiger partial charge in [0, 0.05) is 6.54 Å². The average molecular weight is 276 g/mol. The summed E-state index contributed by atoms with van der Waals surface area (Å²) < 4.78 is 0. The van der Waals surface area contributed by atoms with Crippen LogP contribution in [0.15, 0.2) is 30.3 Å². The highest BCUT2D eigenvalue weighted by molar-refractivity contribution is 5.85. The van der Waals surface area contributed by atoms with E-state index in [0.29, 0.717) is 6.54 Å². The van der Waals surface area contributed by atoms with Crippen molar-refractivity contribution < 1.29 is 0 Å². The molecule has 2 heteroatoms. The van der Waals surface area contributed by atoms with Crippen molar-refractivity contribution in [2.75, 3.05) is 0 Å². The van der Waals surface area contributed by atoms with E-state index in [0.717, 1.165) is 0 Å². The third-order valence-corrected chi connectivity index (χ3v) is 3.46. The Morgan fingerprint density at radius 1 is 0.737 bits per heavy atom. The molecule has 19 heavy (non-hydrogen) atoms. The lowest BCUT2D eigenvalue weighted by Gasteiger charge is -2.12. The highest BCUT2D eigenvalue weighted by atomic mass is 35.5. The van der Waals surface area contributed by atoms with Crippen LogP contribution in [-0.4, -0.2) is 0 Å². The molecule has 0 amide bonds. The molecule has 0 aliphatic rings. The van der Waals surface area contributed by atoms with E-state index < -0.39 is 0 Å². The standard InChI is InChI=1S/C17H21N.ClH/c1-11-5-12(2)7-15(6-11)16-8-13(3)17(10-18)14(4)9-16;/h5-9H,10,18H2,1-4H3;1H. The van der Waals surface area contributed by atoms with Crippen molar-refractivity contribution in [2.24, 2.45) is 5.73 Å². The fraction of sp³-hybridized carbons (Fsp3) is 0.294. The van der Waals surface area contributed by atoms with Crippen LogP contribution in [-0.2, 0) is 6.54 Å². The van der Waals surface area contributed by atoms with Crippen molar-refractivity contribution in [1.29, 1.82) is 0 Å². The van der Waals surface area contributed by atoms with E-state index in [-0.39, 0.29) is 12.4 Å². The number of benzene rings is 2. The summed E-state index contributed by atoms with van der Waals surface area (Å²) in [5.74, 6) is 0. The average Bonchev–Trinajstić information content (AvgIpc) is 2.27. The van der Waals surface area contributed by atoms with Gasteiger partial charge in [0.2, 0.25) is 0 Å². The monoisotopic (exact) mass is 275 g/mol. The van der Waals surface area contributed by atoms with Crippen LogP contribution in [0, 0.1) is 27.7 Å². The first-order valence-electron chi connectivity index (χ1n) is 6.40. The van der Waals surface area contributed by atoms with Crippen LogP contribution in [0.5, 0.6) is 0 Å². The van der Waals surface area contributed by atoms with Crippen LogP contribution in [0.25, 0.3) is 11.1 Å². The molecule has 0 spiro atoms. The Morgan fingerprint density at radius 3 is 1.58 bits per heavy atom. The van der Waals surface area contributed by atoms with Crippen molar-refractivity contribution in [3.05, 3.63) is 58.1 Å². The summed E-state index contributed by atoms with van der Waals surface area (Å²) in [5, 5.41) is 0. The van der Waals surface area contributed by atoms with Crippen LogP contribution >= 0.6 is 12.4 Å². The van der Waals surface area contributed by atoms with Gasteiger partial charge in [0.25, 0.3) is 0 Å². The number of hydrogen-bond donors (Lipinski definition) is 1. The predicted octanol–water partition coefficient (Wildman–Crippen LogP) is 4.47. The van der Waals surface area contributed by atoms with E-state index in [1.165, 1.54) is 38.9 Å². The summed E-state index contributed by atoms with van der Waals surface area (Å²) in [6.45, 7) is 9.18. The van der Waals surface area contributed by atoms with Crippen molar-refractivity contribution in [2.45, 2.75) is 34.2 Å². The summed E-state index contributed by atoms with van der Waals surface area (Å²) in [6.07, 6.45) is 0. The Bertz CT molecular complexity index is 545.